The Hall–Kier alpha value is -1.02. The van der Waals surface area contributed by atoms with Crippen LogP contribution >= 0.6 is 24.0 Å². The summed E-state index contributed by atoms with van der Waals surface area (Å²) in [6.07, 6.45) is 6.18. The van der Waals surface area contributed by atoms with Crippen molar-refractivity contribution in [1.82, 2.24) is 15.5 Å². The Morgan fingerprint density at radius 3 is 2.15 bits per heavy atom. The molecule has 6 heteroatoms. The molecule has 1 aliphatic heterocycles. The standard InChI is InChI=1S/C21H37N5.HI/c1-3-4-8-13-23-21(22-2)24-14-9-10-15-25-16-18-26(19-17-25)20-11-6-5-7-12-20;/h5-7,11-12H,3-4,8-10,13-19H2,1-2H3,(H2,22,23,24);1H. The molecule has 1 aliphatic rings. The number of piperazine rings is 1. The van der Waals surface area contributed by atoms with Crippen LogP contribution in [0.25, 0.3) is 0 Å². The van der Waals surface area contributed by atoms with E-state index in [2.05, 4.69) is 62.7 Å². The van der Waals surface area contributed by atoms with Gasteiger partial charge in [-0.3, -0.25) is 9.89 Å². The average molecular weight is 487 g/mol. The van der Waals surface area contributed by atoms with E-state index in [1.54, 1.807) is 0 Å². The van der Waals surface area contributed by atoms with Gasteiger partial charge in [-0.05, 0) is 37.9 Å². The molecule has 5 nitrogen and oxygen atoms in total. The zero-order valence-electron chi connectivity index (χ0n) is 17.1. The van der Waals surface area contributed by atoms with Crippen LogP contribution in [-0.4, -0.2) is 63.7 Å². The van der Waals surface area contributed by atoms with Crippen molar-refractivity contribution in [2.24, 2.45) is 4.99 Å². The van der Waals surface area contributed by atoms with Crippen molar-refractivity contribution < 1.29 is 0 Å². The summed E-state index contributed by atoms with van der Waals surface area (Å²) in [6.45, 7) is 10.1. The van der Waals surface area contributed by atoms with Crippen LogP contribution in [0.4, 0.5) is 5.69 Å². The third kappa shape index (κ3) is 9.65. The first-order valence-electron chi connectivity index (χ1n) is 10.3. The van der Waals surface area contributed by atoms with Gasteiger partial charge >= 0.3 is 0 Å². The number of anilines is 1. The molecule has 2 N–H and O–H groups in total. The van der Waals surface area contributed by atoms with Gasteiger partial charge in [-0.2, -0.15) is 0 Å². The highest BCUT2D eigenvalue weighted by Crippen LogP contribution is 2.15. The molecule has 1 aromatic rings. The number of benzene rings is 1. The first-order valence-corrected chi connectivity index (χ1v) is 10.3. The Bertz CT molecular complexity index is 501. The Morgan fingerprint density at radius 1 is 0.926 bits per heavy atom. The van der Waals surface area contributed by atoms with E-state index in [-0.39, 0.29) is 24.0 Å². The van der Waals surface area contributed by atoms with E-state index in [4.69, 9.17) is 0 Å². The quantitative estimate of drug-likeness (QED) is 0.229. The smallest absolute Gasteiger partial charge is 0.190 e. The molecular weight excluding hydrogens is 449 g/mol. The van der Waals surface area contributed by atoms with Crippen LogP contribution in [0.15, 0.2) is 35.3 Å². The molecule has 1 fully saturated rings. The van der Waals surface area contributed by atoms with Crippen molar-refractivity contribution in [3.8, 4) is 0 Å². The molecule has 0 unspecified atom stereocenters. The van der Waals surface area contributed by atoms with Crippen molar-refractivity contribution >= 4 is 35.6 Å². The van der Waals surface area contributed by atoms with Gasteiger partial charge in [-0.15, -0.1) is 24.0 Å². The predicted octanol–water partition coefficient (Wildman–Crippen LogP) is 3.56. The van der Waals surface area contributed by atoms with Crippen LogP contribution in [0.3, 0.4) is 0 Å². The summed E-state index contributed by atoms with van der Waals surface area (Å²) in [5.41, 5.74) is 1.36. The van der Waals surface area contributed by atoms with Crippen LogP contribution < -0.4 is 15.5 Å². The number of halogens is 1. The highest BCUT2D eigenvalue weighted by molar-refractivity contribution is 14.0. The SMILES string of the molecule is CCCCCNC(=NC)NCCCCN1CCN(c2ccccc2)CC1.I. The molecule has 1 aromatic carbocycles. The number of hydrogen-bond acceptors (Lipinski definition) is 3. The van der Waals surface area contributed by atoms with Gasteiger partial charge in [0, 0.05) is 52.0 Å². The minimum atomic E-state index is 0. The van der Waals surface area contributed by atoms with E-state index in [9.17, 15) is 0 Å². The first kappa shape index (κ1) is 24.0. The summed E-state index contributed by atoms with van der Waals surface area (Å²) < 4.78 is 0. The largest absolute Gasteiger partial charge is 0.369 e. The maximum absolute atomic E-state index is 4.29. The number of para-hydroxylation sites is 1. The van der Waals surface area contributed by atoms with Gasteiger partial charge in [0.25, 0.3) is 0 Å². The summed E-state index contributed by atoms with van der Waals surface area (Å²) in [5, 5.41) is 6.81. The molecule has 1 heterocycles. The minimum absolute atomic E-state index is 0. The number of rotatable bonds is 10. The summed E-state index contributed by atoms with van der Waals surface area (Å²) in [4.78, 5) is 9.38. The highest BCUT2D eigenvalue weighted by Gasteiger charge is 2.16. The monoisotopic (exact) mass is 487 g/mol. The Labute approximate surface area is 183 Å². The molecule has 0 saturated carbocycles. The maximum Gasteiger partial charge on any atom is 0.190 e. The fraction of sp³-hybridized carbons (Fsp3) is 0.667. The second-order valence-electron chi connectivity index (χ2n) is 7.00. The number of guanidine groups is 1. The molecule has 0 spiro atoms. The van der Waals surface area contributed by atoms with Gasteiger partial charge < -0.3 is 15.5 Å². The lowest BCUT2D eigenvalue weighted by molar-refractivity contribution is 0.253. The number of unbranched alkanes of at least 4 members (excludes halogenated alkanes) is 3. The maximum atomic E-state index is 4.29. The van der Waals surface area contributed by atoms with E-state index in [1.807, 2.05) is 7.05 Å². The lowest BCUT2D eigenvalue weighted by Crippen LogP contribution is -2.46. The van der Waals surface area contributed by atoms with Gasteiger partial charge in [-0.1, -0.05) is 38.0 Å². The molecule has 0 aromatic heterocycles. The van der Waals surface area contributed by atoms with Crippen LogP contribution in [0.2, 0.25) is 0 Å². The summed E-state index contributed by atoms with van der Waals surface area (Å²) in [7, 11) is 1.85. The van der Waals surface area contributed by atoms with Gasteiger partial charge in [0.1, 0.15) is 0 Å². The fourth-order valence-electron chi connectivity index (χ4n) is 3.34. The predicted molar refractivity (Wildman–Crippen MR) is 129 cm³/mol. The Balaban J connectivity index is 0.00000364. The number of aliphatic imine (C=N–C) groups is 1. The van der Waals surface area contributed by atoms with E-state index < -0.39 is 0 Å². The molecule has 2 rings (SSSR count). The van der Waals surface area contributed by atoms with E-state index in [1.165, 1.54) is 57.4 Å². The normalized spacial score (nSPS) is 15.3. The van der Waals surface area contributed by atoms with Crippen LogP contribution in [0, 0.1) is 0 Å². The molecule has 0 bridgehead atoms. The molecule has 1 saturated heterocycles. The van der Waals surface area contributed by atoms with Crippen molar-refractivity contribution in [3.63, 3.8) is 0 Å². The molecule has 0 aliphatic carbocycles. The van der Waals surface area contributed by atoms with Gasteiger partial charge in [0.05, 0.1) is 0 Å². The fourth-order valence-corrected chi connectivity index (χ4v) is 3.34. The second-order valence-corrected chi connectivity index (χ2v) is 7.00. The Kier molecular flexibility index (Phi) is 13.3. The molecule has 0 amide bonds. The van der Waals surface area contributed by atoms with E-state index in [0.717, 1.165) is 32.1 Å². The molecule has 27 heavy (non-hydrogen) atoms. The molecule has 0 atom stereocenters. The molecular formula is C21H38IN5. The summed E-state index contributed by atoms with van der Waals surface area (Å²) in [5.74, 6) is 0.942. The molecule has 0 radical (unpaired) electrons. The summed E-state index contributed by atoms with van der Waals surface area (Å²) in [6, 6.07) is 10.8. The Morgan fingerprint density at radius 2 is 1.56 bits per heavy atom. The van der Waals surface area contributed by atoms with E-state index in [0.29, 0.717) is 0 Å². The highest BCUT2D eigenvalue weighted by atomic mass is 127. The van der Waals surface area contributed by atoms with Gasteiger partial charge in [0.2, 0.25) is 0 Å². The van der Waals surface area contributed by atoms with Crippen LogP contribution in [0.5, 0.6) is 0 Å². The third-order valence-corrected chi connectivity index (χ3v) is 4.98. The van der Waals surface area contributed by atoms with Crippen LogP contribution in [-0.2, 0) is 0 Å². The van der Waals surface area contributed by atoms with Crippen molar-refractivity contribution in [3.05, 3.63) is 30.3 Å². The van der Waals surface area contributed by atoms with Gasteiger partial charge in [0.15, 0.2) is 5.96 Å². The number of nitrogens with one attached hydrogen (secondary N) is 2. The van der Waals surface area contributed by atoms with Crippen molar-refractivity contribution in [2.75, 3.05) is 57.8 Å². The van der Waals surface area contributed by atoms with Crippen molar-refractivity contribution in [2.45, 2.75) is 39.0 Å². The van der Waals surface area contributed by atoms with Crippen LogP contribution in [0.1, 0.15) is 39.0 Å². The zero-order valence-corrected chi connectivity index (χ0v) is 19.5. The topological polar surface area (TPSA) is 42.9 Å². The lowest BCUT2D eigenvalue weighted by Gasteiger charge is -2.36. The minimum Gasteiger partial charge on any atom is -0.369 e. The van der Waals surface area contributed by atoms with Crippen molar-refractivity contribution in [1.29, 1.82) is 0 Å². The second kappa shape index (κ2) is 15.0. The number of hydrogen-bond donors (Lipinski definition) is 2. The number of nitrogens with zero attached hydrogens (tertiary/aromatic N) is 3. The first-order chi connectivity index (χ1) is 12.8. The zero-order chi connectivity index (χ0) is 18.5. The van der Waals surface area contributed by atoms with E-state index >= 15 is 0 Å². The third-order valence-electron chi connectivity index (χ3n) is 4.98. The lowest BCUT2D eigenvalue weighted by atomic mass is 10.2. The average Bonchev–Trinajstić information content (AvgIpc) is 2.70. The van der Waals surface area contributed by atoms with Gasteiger partial charge in [-0.25, -0.2) is 0 Å². The molecule has 154 valence electrons. The summed E-state index contributed by atoms with van der Waals surface area (Å²) >= 11 is 0.